The van der Waals surface area contributed by atoms with Crippen molar-refractivity contribution in [3.63, 3.8) is 0 Å². The molecule has 0 spiro atoms. The van der Waals surface area contributed by atoms with Gasteiger partial charge >= 0.3 is 0 Å². The van der Waals surface area contributed by atoms with Gasteiger partial charge in [0, 0.05) is 23.5 Å². The van der Waals surface area contributed by atoms with Crippen LogP contribution in [-0.2, 0) is 16.1 Å². The van der Waals surface area contributed by atoms with E-state index in [0.717, 1.165) is 27.6 Å². The predicted octanol–water partition coefficient (Wildman–Crippen LogP) is 4.10. The Morgan fingerprint density at radius 2 is 1.96 bits per heavy atom. The molecule has 0 aliphatic rings. The molecule has 0 aliphatic carbocycles. The zero-order valence-corrected chi connectivity index (χ0v) is 16.7. The largest absolute Gasteiger partial charge is 0.363 e. The topological polar surface area (TPSA) is 77.2 Å². The van der Waals surface area contributed by atoms with Crippen molar-refractivity contribution in [2.24, 2.45) is 5.73 Å². The van der Waals surface area contributed by atoms with Crippen molar-refractivity contribution in [2.75, 3.05) is 11.9 Å². The number of amides is 1. The van der Waals surface area contributed by atoms with Crippen LogP contribution in [-0.4, -0.2) is 22.9 Å². The summed E-state index contributed by atoms with van der Waals surface area (Å²) in [5, 5.41) is 5.09. The Labute approximate surface area is 170 Å². The number of rotatable bonds is 8. The van der Waals surface area contributed by atoms with Crippen LogP contribution in [0.5, 0.6) is 0 Å². The number of carbonyl (C=O) groups is 1. The molecule has 0 radical (unpaired) electrons. The summed E-state index contributed by atoms with van der Waals surface area (Å²) in [6.45, 7) is 2.80. The second-order valence-electron chi connectivity index (χ2n) is 6.71. The zero-order chi connectivity index (χ0) is 19.9. The number of anilines is 1. The number of thiol groups is 1. The monoisotopic (exact) mass is 395 g/mol. The lowest BCUT2D eigenvalue weighted by Gasteiger charge is -2.17. The van der Waals surface area contributed by atoms with E-state index in [9.17, 15) is 4.79 Å². The van der Waals surface area contributed by atoms with E-state index in [1.807, 2.05) is 55.5 Å². The Bertz CT molecular complexity index is 928. The van der Waals surface area contributed by atoms with Gasteiger partial charge in [0.05, 0.1) is 18.0 Å². The summed E-state index contributed by atoms with van der Waals surface area (Å²) in [5.74, 6) is -0.372. The first-order valence-electron chi connectivity index (χ1n) is 9.30. The van der Waals surface area contributed by atoms with Crippen molar-refractivity contribution in [3.8, 4) is 0 Å². The molecule has 5 nitrogen and oxygen atoms in total. The molecular formula is C22H25N3O2S. The lowest BCUT2D eigenvalue weighted by Crippen LogP contribution is -2.23. The van der Waals surface area contributed by atoms with Gasteiger partial charge in [-0.1, -0.05) is 30.3 Å². The Hall–Kier alpha value is -2.41. The standard InChI is InChI=1S/C22H25N3O2S/c1-15(28)27-14-16-2-4-17(5-3-16)21(8-10-23)22(26)25-20-7-6-19-13-24-11-9-18(19)12-20/h2-7,9,11-13,15,21,28H,8,10,14,23H2,1H3,(H,25,26)/t15?,21-/m1/s1. The number of nitrogens with zero attached hydrogens (tertiary/aromatic N) is 1. The quantitative estimate of drug-likeness (QED) is 0.396. The molecule has 146 valence electrons. The Morgan fingerprint density at radius 3 is 2.68 bits per heavy atom. The molecule has 0 saturated carbocycles. The van der Waals surface area contributed by atoms with Crippen LogP contribution in [0.15, 0.2) is 60.9 Å². The SMILES string of the molecule is CC(S)OCc1ccc([C@@H](CCN)C(=O)Nc2ccc3cnccc3c2)cc1. The summed E-state index contributed by atoms with van der Waals surface area (Å²) in [6, 6.07) is 15.6. The highest BCUT2D eigenvalue weighted by Gasteiger charge is 2.20. The minimum Gasteiger partial charge on any atom is -0.363 e. The van der Waals surface area contributed by atoms with Gasteiger partial charge < -0.3 is 15.8 Å². The molecule has 1 aromatic heterocycles. The zero-order valence-electron chi connectivity index (χ0n) is 15.8. The van der Waals surface area contributed by atoms with Crippen molar-refractivity contribution < 1.29 is 9.53 Å². The molecule has 1 amide bonds. The van der Waals surface area contributed by atoms with Gasteiger partial charge in [-0.2, -0.15) is 0 Å². The molecule has 3 rings (SSSR count). The normalized spacial score (nSPS) is 13.2. The lowest BCUT2D eigenvalue weighted by molar-refractivity contribution is -0.117. The fraction of sp³-hybridized carbons (Fsp3) is 0.273. The Balaban J connectivity index is 1.73. The molecule has 2 atom stereocenters. The van der Waals surface area contributed by atoms with Gasteiger partial charge in [0.25, 0.3) is 0 Å². The van der Waals surface area contributed by atoms with Gasteiger partial charge in [0.2, 0.25) is 5.91 Å². The van der Waals surface area contributed by atoms with Gasteiger partial charge in [-0.25, -0.2) is 0 Å². The summed E-state index contributed by atoms with van der Waals surface area (Å²) in [5.41, 5.74) is 8.39. The molecule has 1 unspecified atom stereocenters. The average molecular weight is 396 g/mol. The van der Waals surface area contributed by atoms with Crippen LogP contribution in [0.4, 0.5) is 5.69 Å². The van der Waals surface area contributed by atoms with Gasteiger partial charge in [-0.3, -0.25) is 9.78 Å². The molecule has 0 fully saturated rings. The molecule has 0 bridgehead atoms. The maximum absolute atomic E-state index is 12.9. The molecule has 3 N–H and O–H groups in total. The van der Waals surface area contributed by atoms with E-state index in [4.69, 9.17) is 10.5 Å². The Kier molecular flexibility index (Phi) is 7.03. The van der Waals surface area contributed by atoms with Gasteiger partial charge in [-0.05, 0) is 54.6 Å². The predicted molar refractivity (Wildman–Crippen MR) is 116 cm³/mol. The van der Waals surface area contributed by atoms with E-state index >= 15 is 0 Å². The molecule has 6 heteroatoms. The number of aromatic nitrogens is 1. The van der Waals surface area contributed by atoms with Gasteiger partial charge in [-0.15, -0.1) is 12.6 Å². The van der Waals surface area contributed by atoms with Crippen molar-refractivity contribution >= 4 is 35.0 Å². The fourth-order valence-electron chi connectivity index (χ4n) is 3.07. The van der Waals surface area contributed by atoms with Crippen LogP contribution >= 0.6 is 12.6 Å². The van der Waals surface area contributed by atoms with Crippen LogP contribution in [0.1, 0.15) is 30.4 Å². The second-order valence-corrected chi connectivity index (χ2v) is 7.44. The maximum atomic E-state index is 12.9. The number of hydrogen-bond acceptors (Lipinski definition) is 5. The average Bonchev–Trinajstić information content (AvgIpc) is 2.71. The molecule has 28 heavy (non-hydrogen) atoms. The third kappa shape index (κ3) is 5.32. The molecule has 2 aromatic carbocycles. The summed E-state index contributed by atoms with van der Waals surface area (Å²) in [4.78, 5) is 17.0. The molecule has 1 heterocycles. The molecule has 0 saturated heterocycles. The first-order valence-corrected chi connectivity index (χ1v) is 9.81. The van der Waals surface area contributed by atoms with E-state index in [0.29, 0.717) is 19.6 Å². The summed E-state index contributed by atoms with van der Waals surface area (Å²) < 4.78 is 5.50. The highest BCUT2D eigenvalue weighted by Crippen LogP contribution is 2.24. The van der Waals surface area contributed by atoms with E-state index in [-0.39, 0.29) is 17.3 Å². The third-order valence-corrected chi connectivity index (χ3v) is 4.70. The first kappa shape index (κ1) is 20.3. The maximum Gasteiger partial charge on any atom is 0.231 e. The lowest BCUT2D eigenvalue weighted by atomic mass is 9.94. The highest BCUT2D eigenvalue weighted by molar-refractivity contribution is 7.80. The van der Waals surface area contributed by atoms with Crippen molar-refractivity contribution in [1.82, 2.24) is 4.98 Å². The third-order valence-electron chi connectivity index (χ3n) is 4.55. The number of benzene rings is 2. The summed E-state index contributed by atoms with van der Waals surface area (Å²) in [6.07, 6.45) is 4.12. The van der Waals surface area contributed by atoms with Crippen LogP contribution in [0.3, 0.4) is 0 Å². The minimum atomic E-state index is -0.308. The number of ether oxygens (including phenoxy) is 1. The van der Waals surface area contributed by atoms with Crippen LogP contribution in [0, 0.1) is 0 Å². The minimum absolute atomic E-state index is 0.0631. The number of hydrogen-bond donors (Lipinski definition) is 3. The van der Waals surface area contributed by atoms with Gasteiger partial charge in [0.1, 0.15) is 0 Å². The van der Waals surface area contributed by atoms with Gasteiger partial charge in [0.15, 0.2) is 0 Å². The second kappa shape index (κ2) is 9.68. The summed E-state index contributed by atoms with van der Waals surface area (Å²) in [7, 11) is 0. The molecule has 0 aliphatic heterocycles. The van der Waals surface area contributed by atoms with E-state index < -0.39 is 0 Å². The van der Waals surface area contributed by atoms with Crippen molar-refractivity contribution in [2.45, 2.75) is 31.3 Å². The van der Waals surface area contributed by atoms with E-state index in [2.05, 4.69) is 22.9 Å². The van der Waals surface area contributed by atoms with Crippen LogP contribution in [0.2, 0.25) is 0 Å². The first-order chi connectivity index (χ1) is 13.6. The number of nitrogens with two attached hydrogens (primary N) is 1. The fourth-order valence-corrected chi connectivity index (χ4v) is 3.14. The van der Waals surface area contributed by atoms with Crippen molar-refractivity contribution in [1.29, 1.82) is 0 Å². The van der Waals surface area contributed by atoms with Crippen LogP contribution in [0.25, 0.3) is 10.8 Å². The number of fused-ring (bicyclic) bond motifs is 1. The summed E-state index contributed by atoms with van der Waals surface area (Å²) >= 11 is 4.21. The highest BCUT2D eigenvalue weighted by atomic mass is 32.1. The number of carbonyl (C=O) groups excluding carboxylic acids is 1. The smallest absolute Gasteiger partial charge is 0.231 e. The van der Waals surface area contributed by atoms with E-state index in [1.54, 1.807) is 12.4 Å². The van der Waals surface area contributed by atoms with E-state index in [1.165, 1.54) is 0 Å². The molecule has 3 aromatic rings. The Morgan fingerprint density at radius 1 is 1.18 bits per heavy atom. The van der Waals surface area contributed by atoms with Crippen LogP contribution < -0.4 is 11.1 Å². The molecular weight excluding hydrogens is 370 g/mol. The number of pyridine rings is 1. The van der Waals surface area contributed by atoms with Crippen molar-refractivity contribution in [3.05, 3.63) is 72.1 Å². The number of nitrogens with one attached hydrogen (secondary N) is 1.